The van der Waals surface area contributed by atoms with Crippen LogP contribution in [0.3, 0.4) is 0 Å². The molecule has 3 aliphatic rings. The van der Waals surface area contributed by atoms with Gasteiger partial charge in [-0.25, -0.2) is 0 Å². The van der Waals surface area contributed by atoms with Crippen molar-refractivity contribution >= 4 is 11.9 Å². The van der Waals surface area contributed by atoms with E-state index in [1.807, 2.05) is 74.5 Å². The van der Waals surface area contributed by atoms with E-state index in [0.717, 1.165) is 56.4 Å². The van der Waals surface area contributed by atoms with Gasteiger partial charge in [-0.3, -0.25) is 9.59 Å². The maximum absolute atomic E-state index is 12.0. The van der Waals surface area contributed by atoms with Gasteiger partial charge in [-0.15, -0.1) is 0 Å². The highest BCUT2D eigenvalue weighted by Crippen LogP contribution is 2.44. The van der Waals surface area contributed by atoms with Crippen molar-refractivity contribution < 1.29 is 23.8 Å². The van der Waals surface area contributed by atoms with Gasteiger partial charge in [0, 0.05) is 26.1 Å². The molecular weight excluding hydrogens is 452 g/mol. The minimum Gasteiger partial charge on any atom is -0.457 e. The molecule has 4 atom stereocenters. The number of carbonyl (C=O) groups excluding carboxylic acids is 2. The molecule has 3 heterocycles. The number of unbranched alkanes of at least 4 members (excludes halogenated alkanes) is 1. The van der Waals surface area contributed by atoms with Crippen molar-refractivity contribution in [2.75, 3.05) is 13.2 Å². The molecule has 0 bridgehead atoms. The number of carbonyl (C=O) groups is 2. The first kappa shape index (κ1) is 29.6. The topological polar surface area (TPSA) is 61.8 Å². The molecule has 0 saturated carbocycles. The van der Waals surface area contributed by atoms with Crippen LogP contribution in [0.25, 0.3) is 0 Å². The molecule has 5 rings (SSSR count). The van der Waals surface area contributed by atoms with Crippen molar-refractivity contribution in [3.8, 4) is 0 Å². The molecule has 0 radical (unpaired) electrons. The minimum atomic E-state index is -0.281. The van der Waals surface area contributed by atoms with Gasteiger partial charge in [0.15, 0.2) is 0 Å². The Balaban J connectivity index is 0.000000212. The van der Waals surface area contributed by atoms with Crippen LogP contribution in [-0.4, -0.2) is 25.2 Å². The third-order valence-corrected chi connectivity index (χ3v) is 6.86. The highest BCUT2D eigenvalue weighted by Gasteiger charge is 2.45. The van der Waals surface area contributed by atoms with Crippen LogP contribution in [0.1, 0.15) is 96.5 Å². The Bertz CT molecular complexity index is 901. The Morgan fingerprint density at radius 1 is 0.861 bits per heavy atom. The molecule has 0 unspecified atom stereocenters. The fourth-order valence-electron chi connectivity index (χ4n) is 4.53. The monoisotopic (exact) mass is 496 g/mol. The first-order valence-corrected chi connectivity index (χ1v) is 13.0. The molecule has 3 saturated heterocycles. The van der Waals surface area contributed by atoms with Crippen molar-refractivity contribution in [2.45, 2.75) is 85.4 Å². The molecule has 198 valence electrons. The van der Waals surface area contributed by atoms with E-state index in [4.69, 9.17) is 14.2 Å². The van der Waals surface area contributed by atoms with Gasteiger partial charge in [0.05, 0.1) is 11.3 Å². The Morgan fingerprint density at radius 3 is 1.86 bits per heavy atom. The van der Waals surface area contributed by atoms with E-state index in [2.05, 4.69) is 6.92 Å². The van der Waals surface area contributed by atoms with Gasteiger partial charge in [-0.05, 0) is 37.3 Å². The smallest absolute Gasteiger partial charge is 0.312 e. The van der Waals surface area contributed by atoms with E-state index < -0.39 is 0 Å². The quantitative estimate of drug-likeness (QED) is 0.399. The third-order valence-electron chi connectivity index (χ3n) is 6.86. The summed E-state index contributed by atoms with van der Waals surface area (Å²) in [7, 11) is 0. The first-order valence-electron chi connectivity index (χ1n) is 13.0. The summed E-state index contributed by atoms with van der Waals surface area (Å²) in [5.74, 6) is -0.0566. The third kappa shape index (κ3) is 8.48. The molecule has 0 amide bonds. The van der Waals surface area contributed by atoms with E-state index in [-0.39, 0.29) is 42.9 Å². The largest absolute Gasteiger partial charge is 0.457 e. The predicted octanol–water partition coefficient (Wildman–Crippen LogP) is 7.61. The van der Waals surface area contributed by atoms with Crippen LogP contribution in [-0.2, 0) is 23.8 Å². The summed E-state index contributed by atoms with van der Waals surface area (Å²) in [6.45, 7) is 8.09. The summed E-state index contributed by atoms with van der Waals surface area (Å²) in [6, 6.07) is 19.9. The molecule has 5 nitrogen and oxygen atoms in total. The first-order chi connectivity index (χ1) is 16.9. The lowest BCUT2D eigenvalue weighted by Gasteiger charge is -2.17. The molecule has 0 N–H and O–H groups in total. The molecule has 3 aliphatic heterocycles. The number of hydrogen-bond acceptors (Lipinski definition) is 5. The van der Waals surface area contributed by atoms with Crippen LogP contribution >= 0.6 is 0 Å². The highest BCUT2D eigenvalue weighted by molar-refractivity contribution is 5.78. The van der Waals surface area contributed by atoms with Crippen molar-refractivity contribution in [3.63, 3.8) is 0 Å². The summed E-state index contributed by atoms with van der Waals surface area (Å²) in [6.07, 6.45) is 7.25. The standard InChI is InChI=1S/C15H20O2.C11H12O2.C4H8O.CH4/c1-3-4-10-15(2)11-13(17-14(15)16)12-8-6-5-7-9-12;1-8-7-10(13-11(8)12)9-5-3-2-4-6-9;1-2-4-5-3-1;/h5-9,13H,3-4,10-11H2,1-2H3;2-6,8,10H,7H2,1H3;1-4H2;1H4/t13-,15+;8-,10+;;/m10../s1. The number of esters is 2. The molecule has 0 aromatic heterocycles. The zero-order valence-corrected chi connectivity index (χ0v) is 21.4. The Morgan fingerprint density at radius 2 is 1.42 bits per heavy atom. The summed E-state index contributed by atoms with van der Waals surface area (Å²) >= 11 is 0. The molecule has 5 heteroatoms. The SMILES string of the molecule is C.C1CCOC1.CCCC[C@@]1(C)C[C@H](c2ccccc2)OC1=O.C[C@H]1C[C@H](c2ccccc2)OC1=O. The Hall–Kier alpha value is -2.66. The molecule has 2 aromatic carbocycles. The molecule has 36 heavy (non-hydrogen) atoms. The lowest BCUT2D eigenvalue weighted by atomic mass is 9.81. The van der Waals surface area contributed by atoms with Crippen molar-refractivity contribution in [3.05, 3.63) is 71.8 Å². The second kappa shape index (κ2) is 14.8. The molecule has 0 aliphatic carbocycles. The second-order valence-corrected chi connectivity index (χ2v) is 9.97. The average molecular weight is 497 g/mol. The van der Waals surface area contributed by atoms with Crippen molar-refractivity contribution in [2.24, 2.45) is 11.3 Å². The fraction of sp³-hybridized carbons (Fsp3) is 0.548. The second-order valence-electron chi connectivity index (χ2n) is 9.97. The van der Waals surface area contributed by atoms with E-state index >= 15 is 0 Å². The maximum Gasteiger partial charge on any atom is 0.312 e. The van der Waals surface area contributed by atoms with Gasteiger partial charge >= 0.3 is 11.9 Å². The van der Waals surface area contributed by atoms with E-state index in [0.29, 0.717) is 0 Å². The van der Waals surface area contributed by atoms with Crippen LogP contribution in [0.2, 0.25) is 0 Å². The summed E-state index contributed by atoms with van der Waals surface area (Å²) in [4.78, 5) is 23.1. The number of benzene rings is 2. The summed E-state index contributed by atoms with van der Waals surface area (Å²) in [5.41, 5.74) is 1.93. The molecular formula is C31H44O5. The van der Waals surface area contributed by atoms with Crippen LogP contribution < -0.4 is 0 Å². The van der Waals surface area contributed by atoms with Crippen molar-refractivity contribution in [1.82, 2.24) is 0 Å². The fourth-order valence-corrected chi connectivity index (χ4v) is 4.53. The van der Waals surface area contributed by atoms with Gasteiger partial charge in [0.1, 0.15) is 12.2 Å². The maximum atomic E-state index is 12.0. The van der Waals surface area contributed by atoms with Gasteiger partial charge in [0.25, 0.3) is 0 Å². The lowest BCUT2D eigenvalue weighted by Crippen LogP contribution is -2.21. The predicted molar refractivity (Wildman–Crippen MR) is 143 cm³/mol. The van der Waals surface area contributed by atoms with Gasteiger partial charge in [-0.1, -0.05) is 94.8 Å². The molecule has 2 aromatic rings. The zero-order valence-electron chi connectivity index (χ0n) is 21.4. The van der Waals surface area contributed by atoms with Gasteiger partial charge in [-0.2, -0.15) is 0 Å². The summed E-state index contributed by atoms with van der Waals surface area (Å²) < 4.78 is 15.7. The highest BCUT2D eigenvalue weighted by atomic mass is 16.6. The Kier molecular flexibility index (Phi) is 12.1. The normalized spacial score (nSPS) is 26.5. The number of cyclic esters (lactones) is 2. The van der Waals surface area contributed by atoms with E-state index in [1.54, 1.807) is 0 Å². The number of ether oxygens (including phenoxy) is 3. The summed E-state index contributed by atoms with van der Waals surface area (Å²) in [5, 5.41) is 0. The minimum absolute atomic E-state index is 0. The number of rotatable bonds is 5. The Labute approximate surface area is 217 Å². The van der Waals surface area contributed by atoms with Crippen molar-refractivity contribution in [1.29, 1.82) is 0 Å². The van der Waals surface area contributed by atoms with E-state index in [9.17, 15) is 9.59 Å². The zero-order chi connectivity index (χ0) is 25.1. The molecule has 3 fully saturated rings. The van der Waals surface area contributed by atoms with Crippen LogP contribution in [0, 0.1) is 11.3 Å². The molecule has 0 spiro atoms. The van der Waals surface area contributed by atoms with Crippen LogP contribution in [0.4, 0.5) is 0 Å². The van der Waals surface area contributed by atoms with Crippen LogP contribution in [0.15, 0.2) is 60.7 Å². The van der Waals surface area contributed by atoms with Crippen LogP contribution in [0.5, 0.6) is 0 Å². The van der Waals surface area contributed by atoms with Gasteiger partial charge < -0.3 is 14.2 Å². The van der Waals surface area contributed by atoms with Gasteiger partial charge in [0.2, 0.25) is 0 Å². The average Bonchev–Trinajstić information content (AvgIpc) is 3.63. The number of hydrogen-bond donors (Lipinski definition) is 0. The lowest BCUT2D eigenvalue weighted by molar-refractivity contribution is -0.148. The van der Waals surface area contributed by atoms with E-state index in [1.165, 1.54) is 12.8 Å².